The van der Waals surface area contributed by atoms with Crippen LogP contribution in [0.5, 0.6) is 0 Å². The maximum Gasteiger partial charge on any atom is 0.191 e. The molecule has 2 aromatic rings. The third kappa shape index (κ3) is 5.30. The number of halogens is 2. The third-order valence-electron chi connectivity index (χ3n) is 3.57. The van der Waals surface area contributed by atoms with Crippen LogP contribution in [0.4, 0.5) is 4.39 Å². The lowest BCUT2D eigenvalue weighted by molar-refractivity contribution is 0.619. The monoisotopic (exact) mass is 396 g/mol. The number of benzene rings is 1. The molecule has 0 aliphatic carbocycles. The van der Waals surface area contributed by atoms with Gasteiger partial charge in [0.25, 0.3) is 0 Å². The normalized spacial score (nSPS) is 11.6. The predicted molar refractivity (Wildman–Crippen MR) is 96.6 cm³/mol. The van der Waals surface area contributed by atoms with Crippen LogP contribution >= 0.6 is 15.9 Å². The van der Waals surface area contributed by atoms with Crippen LogP contribution in [0.15, 0.2) is 34.0 Å². The Hall–Kier alpha value is -1.96. The molecule has 0 bridgehead atoms. The fourth-order valence-corrected chi connectivity index (χ4v) is 2.70. The zero-order valence-corrected chi connectivity index (χ0v) is 15.5. The molecule has 130 valence electrons. The first-order valence-electron chi connectivity index (χ1n) is 7.89. The molecule has 2 N–H and O–H groups in total. The molecule has 0 saturated carbocycles. The largest absolute Gasteiger partial charge is 0.356 e. The van der Waals surface area contributed by atoms with Crippen LogP contribution in [0.2, 0.25) is 0 Å². The lowest BCUT2D eigenvalue weighted by atomic mass is 10.1. The average molecular weight is 397 g/mol. The predicted octanol–water partition coefficient (Wildman–Crippen LogP) is 2.15. The van der Waals surface area contributed by atoms with Crippen LogP contribution in [-0.4, -0.2) is 40.9 Å². The summed E-state index contributed by atoms with van der Waals surface area (Å²) in [6.45, 7) is 4.28. The van der Waals surface area contributed by atoms with Crippen molar-refractivity contribution in [2.75, 3.05) is 20.1 Å². The van der Waals surface area contributed by atoms with E-state index in [1.165, 1.54) is 6.07 Å². The van der Waals surface area contributed by atoms with E-state index in [0.29, 0.717) is 11.0 Å². The van der Waals surface area contributed by atoms with Gasteiger partial charge in [0.05, 0.1) is 4.47 Å². The minimum Gasteiger partial charge on any atom is -0.356 e. The van der Waals surface area contributed by atoms with E-state index in [1.807, 2.05) is 4.57 Å². The summed E-state index contributed by atoms with van der Waals surface area (Å²) in [4.78, 5) is 4.20. The van der Waals surface area contributed by atoms with Crippen molar-refractivity contribution in [3.63, 3.8) is 0 Å². The van der Waals surface area contributed by atoms with E-state index in [-0.39, 0.29) is 5.82 Å². The Morgan fingerprint density at radius 2 is 2.12 bits per heavy atom. The Labute approximate surface area is 149 Å². The van der Waals surface area contributed by atoms with Crippen molar-refractivity contribution in [3.8, 4) is 0 Å². The average Bonchev–Trinajstić information content (AvgIpc) is 3.04. The Bertz CT molecular complexity index is 685. The van der Waals surface area contributed by atoms with Crippen molar-refractivity contribution in [2.24, 2.45) is 4.99 Å². The van der Waals surface area contributed by atoms with Gasteiger partial charge in [-0.3, -0.25) is 4.99 Å². The van der Waals surface area contributed by atoms with Crippen molar-refractivity contribution in [1.29, 1.82) is 0 Å². The summed E-state index contributed by atoms with van der Waals surface area (Å²) in [5.74, 6) is 1.47. The highest BCUT2D eigenvalue weighted by Crippen LogP contribution is 2.16. The van der Waals surface area contributed by atoms with Crippen molar-refractivity contribution in [2.45, 2.75) is 26.3 Å². The maximum atomic E-state index is 13.2. The first-order valence-corrected chi connectivity index (χ1v) is 8.68. The molecule has 0 aliphatic rings. The summed E-state index contributed by atoms with van der Waals surface area (Å²) in [5, 5.41) is 14.5. The Morgan fingerprint density at radius 3 is 2.83 bits per heavy atom. The van der Waals surface area contributed by atoms with Gasteiger partial charge in [0, 0.05) is 33.1 Å². The molecule has 0 radical (unpaired) electrons. The van der Waals surface area contributed by atoms with E-state index >= 15 is 0 Å². The van der Waals surface area contributed by atoms with Gasteiger partial charge in [-0.15, -0.1) is 10.2 Å². The molecule has 1 aromatic heterocycles. The van der Waals surface area contributed by atoms with E-state index in [0.717, 1.165) is 43.3 Å². The Balaban J connectivity index is 1.73. The number of hydrogen-bond donors (Lipinski definition) is 2. The van der Waals surface area contributed by atoms with Crippen LogP contribution in [0.1, 0.15) is 18.3 Å². The second-order valence-corrected chi connectivity index (χ2v) is 6.07. The standard InChI is InChI=1S/C16H22BrFN6/c1-3-15-23-22-11-24(15)9-8-21-16(19-2)20-7-6-12-4-5-14(18)13(17)10-12/h4-5,10-11H,3,6-9H2,1-2H3,(H2,19,20,21). The second-order valence-electron chi connectivity index (χ2n) is 5.22. The van der Waals surface area contributed by atoms with Crippen LogP contribution in [-0.2, 0) is 19.4 Å². The number of nitrogens with one attached hydrogen (secondary N) is 2. The zero-order chi connectivity index (χ0) is 17.4. The number of aliphatic imine (C=N–C) groups is 1. The van der Waals surface area contributed by atoms with Crippen LogP contribution in [0, 0.1) is 5.82 Å². The topological polar surface area (TPSA) is 67.1 Å². The molecule has 0 fully saturated rings. The molecule has 0 saturated heterocycles. The molecule has 24 heavy (non-hydrogen) atoms. The molecule has 1 heterocycles. The quantitative estimate of drug-likeness (QED) is 0.555. The molecule has 0 aliphatic heterocycles. The van der Waals surface area contributed by atoms with Gasteiger partial charge in [0.15, 0.2) is 5.96 Å². The zero-order valence-electron chi connectivity index (χ0n) is 13.9. The molecule has 1 aromatic carbocycles. The van der Waals surface area contributed by atoms with Gasteiger partial charge in [-0.25, -0.2) is 4.39 Å². The molecule has 0 amide bonds. The van der Waals surface area contributed by atoms with Gasteiger partial charge in [0.2, 0.25) is 0 Å². The fourth-order valence-electron chi connectivity index (χ4n) is 2.28. The highest BCUT2D eigenvalue weighted by Gasteiger charge is 2.03. The molecule has 6 nitrogen and oxygen atoms in total. The lowest BCUT2D eigenvalue weighted by Gasteiger charge is -2.12. The molecular formula is C16H22BrFN6. The number of aryl methyl sites for hydroxylation is 1. The molecule has 0 atom stereocenters. The smallest absolute Gasteiger partial charge is 0.191 e. The van der Waals surface area contributed by atoms with Crippen LogP contribution in [0.25, 0.3) is 0 Å². The number of guanidine groups is 1. The van der Waals surface area contributed by atoms with E-state index in [4.69, 9.17) is 0 Å². The van der Waals surface area contributed by atoms with E-state index in [2.05, 4.69) is 48.7 Å². The highest BCUT2D eigenvalue weighted by atomic mass is 79.9. The SMILES string of the molecule is CCc1nncn1CCNC(=NC)NCCc1ccc(F)c(Br)c1. The maximum absolute atomic E-state index is 13.2. The van der Waals surface area contributed by atoms with E-state index in [1.54, 1.807) is 25.5 Å². The van der Waals surface area contributed by atoms with Crippen molar-refractivity contribution >= 4 is 21.9 Å². The Kier molecular flexibility index (Phi) is 7.17. The molecule has 0 unspecified atom stereocenters. The summed E-state index contributed by atoms with van der Waals surface area (Å²) in [5.41, 5.74) is 1.06. The fraction of sp³-hybridized carbons (Fsp3) is 0.438. The molecule has 0 spiro atoms. The second kappa shape index (κ2) is 9.36. The summed E-state index contributed by atoms with van der Waals surface area (Å²) >= 11 is 3.20. The molecule has 8 heteroatoms. The minimum atomic E-state index is -0.246. The lowest BCUT2D eigenvalue weighted by Crippen LogP contribution is -2.39. The van der Waals surface area contributed by atoms with Gasteiger partial charge in [-0.05, 0) is 40.0 Å². The van der Waals surface area contributed by atoms with E-state index < -0.39 is 0 Å². The van der Waals surface area contributed by atoms with Crippen molar-refractivity contribution < 1.29 is 4.39 Å². The van der Waals surface area contributed by atoms with Crippen LogP contribution in [0.3, 0.4) is 0 Å². The van der Waals surface area contributed by atoms with Gasteiger partial charge in [-0.2, -0.15) is 0 Å². The first-order chi connectivity index (χ1) is 11.6. The summed E-state index contributed by atoms with van der Waals surface area (Å²) < 4.78 is 15.7. The molecular weight excluding hydrogens is 375 g/mol. The first kappa shape index (κ1) is 18.4. The van der Waals surface area contributed by atoms with Gasteiger partial charge in [-0.1, -0.05) is 13.0 Å². The van der Waals surface area contributed by atoms with Crippen molar-refractivity contribution in [3.05, 3.63) is 46.2 Å². The van der Waals surface area contributed by atoms with Gasteiger partial charge >= 0.3 is 0 Å². The van der Waals surface area contributed by atoms with Gasteiger partial charge in [0.1, 0.15) is 18.0 Å². The van der Waals surface area contributed by atoms with E-state index in [9.17, 15) is 4.39 Å². The summed E-state index contributed by atoms with van der Waals surface area (Å²) in [6, 6.07) is 5.05. The number of nitrogens with zero attached hydrogens (tertiary/aromatic N) is 4. The number of aromatic nitrogens is 3. The third-order valence-corrected chi connectivity index (χ3v) is 4.18. The summed E-state index contributed by atoms with van der Waals surface area (Å²) in [7, 11) is 1.74. The molecule has 2 rings (SSSR count). The van der Waals surface area contributed by atoms with Crippen LogP contribution < -0.4 is 10.6 Å². The van der Waals surface area contributed by atoms with Crippen molar-refractivity contribution in [1.82, 2.24) is 25.4 Å². The minimum absolute atomic E-state index is 0.246. The Morgan fingerprint density at radius 1 is 1.33 bits per heavy atom. The van der Waals surface area contributed by atoms with Gasteiger partial charge < -0.3 is 15.2 Å². The summed E-state index contributed by atoms with van der Waals surface area (Å²) in [6.07, 6.45) is 3.38. The highest BCUT2D eigenvalue weighted by molar-refractivity contribution is 9.10. The number of hydrogen-bond acceptors (Lipinski definition) is 3. The number of rotatable bonds is 7.